The summed E-state index contributed by atoms with van der Waals surface area (Å²) in [5.41, 5.74) is 10.5. The Hall–Kier alpha value is -3.22. The average Bonchev–Trinajstić information content (AvgIpc) is 3.10. The maximum atomic E-state index is 10.1. The second-order valence-electron chi connectivity index (χ2n) is 7.85. The predicted molar refractivity (Wildman–Crippen MR) is 115 cm³/mol. The molecule has 0 spiro atoms. The Kier molecular flexibility index (Phi) is 6.20. The number of hydrogen-bond acceptors (Lipinski definition) is 5. The summed E-state index contributed by atoms with van der Waals surface area (Å²) in [6.07, 6.45) is 2.12. The number of H-pyrrole nitrogens is 1. The van der Waals surface area contributed by atoms with Crippen molar-refractivity contribution >= 4 is 0 Å². The summed E-state index contributed by atoms with van der Waals surface area (Å²) in [5.74, 6) is 6.86. The van der Waals surface area contributed by atoms with Gasteiger partial charge in [0.05, 0.1) is 11.0 Å². The Balaban J connectivity index is 2.32. The molecule has 0 saturated heterocycles. The van der Waals surface area contributed by atoms with E-state index in [4.69, 9.17) is 15.6 Å². The number of nitrogens with two attached hydrogens (primary N) is 1. The number of ether oxygens (including phenoxy) is 1. The zero-order valence-electron chi connectivity index (χ0n) is 18.0. The van der Waals surface area contributed by atoms with Gasteiger partial charge in [-0.15, -0.1) is 5.10 Å². The Morgan fingerprint density at radius 3 is 2.73 bits per heavy atom. The van der Waals surface area contributed by atoms with E-state index in [-0.39, 0.29) is 18.4 Å². The first kappa shape index (κ1) is 21.5. The number of aromatic nitrogens is 2. The molecule has 0 saturated carbocycles. The average molecular weight is 405 g/mol. The molecule has 2 heterocycles. The molecule has 1 aliphatic rings. The van der Waals surface area contributed by atoms with Crippen LogP contribution < -0.4 is 10.5 Å². The van der Waals surface area contributed by atoms with Gasteiger partial charge in [-0.3, -0.25) is 5.10 Å². The highest BCUT2D eigenvalue weighted by atomic mass is 16.5. The standard InChI is InChI=1S/C24H28N4O2/c1-5-17-11-18(9-7-6-8-10-29)13-19(12-17)24(15(2)3)20(14-25)22(26)30-23-21(24)16(4)27-28-23/h11-13,15,29H,5-6,8,10,26H2,1-4H3,(H,27,28). The Labute approximate surface area is 177 Å². The number of rotatable bonds is 5. The molecule has 1 aromatic carbocycles. The van der Waals surface area contributed by atoms with E-state index in [0.717, 1.165) is 34.4 Å². The summed E-state index contributed by atoms with van der Waals surface area (Å²) >= 11 is 0. The van der Waals surface area contributed by atoms with Crippen molar-refractivity contribution in [3.05, 3.63) is 57.6 Å². The van der Waals surface area contributed by atoms with Crippen molar-refractivity contribution < 1.29 is 9.84 Å². The van der Waals surface area contributed by atoms with Gasteiger partial charge in [0, 0.05) is 24.3 Å². The van der Waals surface area contributed by atoms with Gasteiger partial charge in [-0.2, -0.15) is 5.26 Å². The quantitative estimate of drug-likeness (QED) is 0.523. The van der Waals surface area contributed by atoms with Crippen molar-refractivity contribution in [2.45, 2.75) is 52.4 Å². The van der Waals surface area contributed by atoms with Crippen LogP contribution in [0.1, 0.15) is 61.6 Å². The first-order valence-electron chi connectivity index (χ1n) is 10.3. The smallest absolute Gasteiger partial charge is 0.244 e. The lowest BCUT2D eigenvalue weighted by atomic mass is 9.61. The van der Waals surface area contributed by atoms with Crippen molar-refractivity contribution in [3.63, 3.8) is 0 Å². The number of aliphatic hydroxyl groups is 1. The number of fused-ring (bicyclic) bond motifs is 1. The summed E-state index contributed by atoms with van der Waals surface area (Å²) < 4.78 is 5.70. The summed E-state index contributed by atoms with van der Waals surface area (Å²) in [4.78, 5) is 0. The van der Waals surface area contributed by atoms with Gasteiger partial charge in [0.15, 0.2) is 0 Å². The van der Waals surface area contributed by atoms with Crippen LogP contribution in [0.15, 0.2) is 29.7 Å². The molecule has 0 bridgehead atoms. The van der Waals surface area contributed by atoms with Gasteiger partial charge < -0.3 is 15.6 Å². The lowest BCUT2D eigenvalue weighted by Gasteiger charge is -2.41. The minimum atomic E-state index is -0.795. The van der Waals surface area contributed by atoms with E-state index in [2.05, 4.69) is 61.0 Å². The van der Waals surface area contributed by atoms with E-state index in [0.29, 0.717) is 24.3 Å². The van der Waals surface area contributed by atoms with Crippen LogP contribution in [0.25, 0.3) is 0 Å². The molecule has 156 valence electrons. The molecule has 0 aliphatic carbocycles. The van der Waals surface area contributed by atoms with Gasteiger partial charge in [-0.05, 0) is 48.9 Å². The molecule has 1 aliphatic heterocycles. The highest BCUT2D eigenvalue weighted by Gasteiger charge is 2.50. The van der Waals surface area contributed by atoms with Crippen molar-refractivity contribution in [2.75, 3.05) is 6.61 Å². The molecule has 1 aromatic heterocycles. The fraction of sp³-hybridized carbons (Fsp3) is 0.417. The van der Waals surface area contributed by atoms with E-state index in [9.17, 15) is 5.26 Å². The van der Waals surface area contributed by atoms with Crippen molar-refractivity contribution in [1.29, 1.82) is 5.26 Å². The number of hydrogen-bond donors (Lipinski definition) is 3. The summed E-state index contributed by atoms with van der Waals surface area (Å²) in [6.45, 7) is 8.32. The second-order valence-corrected chi connectivity index (χ2v) is 7.85. The van der Waals surface area contributed by atoms with Crippen LogP contribution in [-0.4, -0.2) is 21.9 Å². The van der Waals surface area contributed by atoms with E-state index in [1.54, 1.807) is 0 Å². The number of unbranched alkanes of at least 4 members (excludes halogenated alkanes) is 1. The van der Waals surface area contributed by atoms with Crippen LogP contribution >= 0.6 is 0 Å². The topological polar surface area (TPSA) is 108 Å². The zero-order valence-corrected chi connectivity index (χ0v) is 18.0. The number of nitrogens with one attached hydrogen (secondary N) is 1. The maximum absolute atomic E-state index is 10.1. The molecule has 0 radical (unpaired) electrons. The van der Waals surface area contributed by atoms with Crippen molar-refractivity contribution in [3.8, 4) is 23.8 Å². The highest BCUT2D eigenvalue weighted by molar-refractivity contribution is 5.63. The van der Waals surface area contributed by atoms with Crippen molar-refractivity contribution in [2.24, 2.45) is 11.7 Å². The maximum Gasteiger partial charge on any atom is 0.244 e. The van der Waals surface area contributed by atoms with Crippen LogP contribution in [0.4, 0.5) is 0 Å². The summed E-state index contributed by atoms with van der Waals surface area (Å²) in [6, 6.07) is 8.57. The van der Waals surface area contributed by atoms with E-state index in [1.165, 1.54) is 0 Å². The highest BCUT2D eigenvalue weighted by Crippen LogP contribution is 2.52. The number of benzene rings is 1. The van der Waals surface area contributed by atoms with Crippen LogP contribution in [0.3, 0.4) is 0 Å². The van der Waals surface area contributed by atoms with Crippen LogP contribution in [0.5, 0.6) is 5.88 Å². The fourth-order valence-electron chi connectivity index (χ4n) is 4.29. The summed E-state index contributed by atoms with van der Waals surface area (Å²) in [5, 5.41) is 26.4. The fourth-order valence-corrected chi connectivity index (χ4v) is 4.29. The zero-order chi connectivity index (χ0) is 21.9. The molecule has 2 aromatic rings. The first-order valence-corrected chi connectivity index (χ1v) is 10.3. The Morgan fingerprint density at radius 2 is 2.10 bits per heavy atom. The molecule has 6 nitrogen and oxygen atoms in total. The molecule has 0 fully saturated rings. The van der Waals surface area contributed by atoms with Gasteiger partial charge in [0.25, 0.3) is 0 Å². The van der Waals surface area contributed by atoms with E-state index < -0.39 is 5.41 Å². The molecule has 30 heavy (non-hydrogen) atoms. The molecular weight excluding hydrogens is 376 g/mol. The normalized spacial score (nSPS) is 17.8. The number of nitriles is 1. The molecular formula is C24H28N4O2. The van der Waals surface area contributed by atoms with Crippen LogP contribution in [0, 0.1) is 36.0 Å². The van der Waals surface area contributed by atoms with E-state index in [1.807, 2.05) is 13.0 Å². The molecule has 3 rings (SSSR count). The summed E-state index contributed by atoms with van der Waals surface area (Å²) in [7, 11) is 0. The van der Waals surface area contributed by atoms with Gasteiger partial charge >= 0.3 is 0 Å². The Bertz CT molecular complexity index is 1080. The minimum Gasteiger partial charge on any atom is -0.420 e. The van der Waals surface area contributed by atoms with Gasteiger partial charge in [0.1, 0.15) is 11.6 Å². The third-order valence-corrected chi connectivity index (χ3v) is 5.68. The minimum absolute atomic E-state index is 0.00644. The number of aromatic amines is 1. The number of allylic oxidation sites excluding steroid dienone is 1. The number of aliphatic hydroxyl groups excluding tert-OH is 1. The molecule has 0 amide bonds. The third-order valence-electron chi connectivity index (χ3n) is 5.68. The van der Waals surface area contributed by atoms with Gasteiger partial charge in [-0.1, -0.05) is 38.7 Å². The lowest BCUT2D eigenvalue weighted by Crippen LogP contribution is -2.41. The lowest BCUT2D eigenvalue weighted by molar-refractivity contribution is 0.290. The Morgan fingerprint density at radius 1 is 1.33 bits per heavy atom. The van der Waals surface area contributed by atoms with Gasteiger partial charge in [-0.25, -0.2) is 0 Å². The molecule has 6 heteroatoms. The SMILES string of the molecule is CCc1cc(C#CCCCO)cc(C2(C(C)C)C(C#N)=C(N)Oc3n[nH]c(C)c32)c1. The largest absolute Gasteiger partial charge is 0.420 e. The van der Waals surface area contributed by atoms with Crippen LogP contribution in [0.2, 0.25) is 0 Å². The van der Waals surface area contributed by atoms with Crippen LogP contribution in [-0.2, 0) is 11.8 Å². The van der Waals surface area contributed by atoms with Crippen molar-refractivity contribution in [1.82, 2.24) is 10.2 Å². The third kappa shape index (κ3) is 3.44. The predicted octanol–water partition coefficient (Wildman–Crippen LogP) is 3.43. The van der Waals surface area contributed by atoms with Gasteiger partial charge in [0.2, 0.25) is 11.8 Å². The van der Waals surface area contributed by atoms with E-state index >= 15 is 0 Å². The molecule has 1 unspecified atom stereocenters. The monoisotopic (exact) mass is 404 g/mol. The molecule has 4 N–H and O–H groups in total. The second kappa shape index (κ2) is 8.65. The first-order chi connectivity index (χ1) is 14.4. The number of nitrogens with zero attached hydrogens (tertiary/aromatic N) is 2. The molecule has 1 atom stereocenters. The number of aryl methyl sites for hydroxylation is 2.